The predicted octanol–water partition coefficient (Wildman–Crippen LogP) is 3.40. The van der Waals surface area contributed by atoms with E-state index in [1.807, 2.05) is 6.08 Å². The third-order valence-electron chi connectivity index (χ3n) is 7.03. The lowest BCUT2D eigenvalue weighted by Gasteiger charge is -2.57. The smallest absolute Gasteiger partial charge is 0.171 e. The van der Waals surface area contributed by atoms with E-state index in [1.165, 1.54) is 0 Å². The molecule has 1 aliphatic carbocycles. The van der Waals surface area contributed by atoms with Gasteiger partial charge in [-0.15, -0.1) is 0 Å². The molecule has 3 saturated heterocycles. The van der Waals surface area contributed by atoms with Gasteiger partial charge < -0.3 is 18.9 Å². The van der Waals surface area contributed by atoms with Crippen LogP contribution in [0.1, 0.15) is 46.5 Å². The van der Waals surface area contributed by atoms with Crippen LogP contribution in [0, 0.1) is 34.5 Å². The Kier molecular flexibility index (Phi) is 4.24. The van der Waals surface area contributed by atoms with Gasteiger partial charge in [-0.3, -0.25) is 0 Å². The van der Waals surface area contributed by atoms with Gasteiger partial charge in [-0.25, -0.2) is 0 Å². The number of nitriles is 1. The van der Waals surface area contributed by atoms with Gasteiger partial charge in [0.05, 0.1) is 31.3 Å². The molecule has 4 aliphatic rings. The van der Waals surface area contributed by atoms with Gasteiger partial charge in [-0.1, -0.05) is 19.1 Å². The minimum Gasteiger partial charge on any atom is -0.352 e. The Balaban J connectivity index is 1.80. The molecule has 5 heteroatoms. The number of rotatable bonds is 2. The Morgan fingerprint density at radius 2 is 1.96 bits per heavy atom. The zero-order valence-electron chi connectivity index (χ0n) is 15.5. The largest absolute Gasteiger partial charge is 0.352 e. The lowest BCUT2D eigenvalue weighted by Crippen LogP contribution is -2.61. The highest BCUT2D eigenvalue weighted by atomic mass is 16.7. The molecule has 0 aromatic carbocycles. The van der Waals surface area contributed by atoms with E-state index >= 15 is 0 Å². The van der Waals surface area contributed by atoms with Crippen LogP contribution in [-0.2, 0) is 18.9 Å². The molecule has 4 fully saturated rings. The lowest BCUT2D eigenvalue weighted by molar-refractivity contribution is -0.276. The number of ether oxygens (including phenoxy) is 4. The summed E-state index contributed by atoms with van der Waals surface area (Å²) in [7, 11) is 0. The minimum atomic E-state index is -0.537. The molecule has 0 aromatic heterocycles. The van der Waals surface area contributed by atoms with E-state index in [9.17, 15) is 0 Å². The summed E-state index contributed by atoms with van der Waals surface area (Å²) in [5.74, 6) is 0.175. The van der Waals surface area contributed by atoms with Crippen LogP contribution < -0.4 is 0 Å². The van der Waals surface area contributed by atoms with Crippen molar-refractivity contribution in [1.29, 1.82) is 5.26 Å². The fourth-order valence-corrected chi connectivity index (χ4v) is 5.99. The molecule has 25 heavy (non-hydrogen) atoms. The average molecular weight is 347 g/mol. The minimum absolute atomic E-state index is 0.0618. The van der Waals surface area contributed by atoms with Gasteiger partial charge in [0.15, 0.2) is 12.1 Å². The first-order chi connectivity index (χ1) is 12.0. The van der Waals surface area contributed by atoms with Crippen molar-refractivity contribution in [2.75, 3.05) is 19.8 Å². The van der Waals surface area contributed by atoms with E-state index in [0.717, 1.165) is 25.9 Å². The van der Waals surface area contributed by atoms with Gasteiger partial charge in [-0.2, -0.15) is 5.26 Å². The number of hydrogen-bond acceptors (Lipinski definition) is 5. The molecule has 5 nitrogen and oxygen atoms in total. The van der Waals surface area contributed by atoms with Gasteiger partial charge in [0.2, 0.25) is 0 Å². The van der Waals surface area contributed by atoms with Crippen LogP contribution in [0.5, 0.6) is 0 Å². The van der Waals surface area contributed by atoms with E-state index in [2.05, 4.69) is 32.9 Å². The normalized spacial score (nSPS) is 44.6. The maximum Gasteiger partial charge on any atom is 0.171 e. The van der Waals surface area contributed by atoms with Gasteiger partial charge >= 0.3 is 0 Å². The highest BCUT2D eigenvalue weighted by Crippen LogP contribution is 2.67. The summed E-state index contributed by atoms with van der Waals surface area (Å²) in [4.78, 5) is 0. The van der Waals surface area contributed by atoms with Crippen molar-refractivity contribution in [2.45, 2.75) is 64.1 Å². The molecule has 0 bridgehead atoms. The second-order valence-corrected chi connectivity index (χ2v) is 8.51. The summed E-state index contributed by atoms with van der Waals surface area (Å²) in [6.45, 7) is 8.65. The van der Waals surface area contributed by atoms with Crippen molar-refractivity contribution in [3.8, 4) is 6.07 Å². The van der Waals surface area contributed by atoms with Crippen LogP contribution in [0.3, 0.4) is 0 Å². The molecule has 5 atom stereocenters. The summed E-state index contributed by atoms with van der Waals surface area (Å²) in [6, 6.07) is 2.22. The Morgan fingerprint density at radius 1 is 1.20 bits per heavy atom. The molecule has 138 valence electrons. The van der Waals surface area contributed by atoms with Crippen molar-refractivity contribution >= 4 is 0 Å². The standard InChI is InChI=1S/C20H29NO4/c1-14-15(7-4-5-9-21)19-8-6-10-22-17(19)25-18(2,3)16(19)13-20(14)23-11-12-24-20/h4,7,14-17H,5-6,8,10-13H2,1-3H3/b7-4+/t14-,15+,16+,17+,19+/m1/s1. The third-order valence-corrected chi connectivity index (χ3v) is 7.03. The SMILES string of the molecule is C[C@@H]1[C@H](/C=C/CC#N)[C@]23CCCO[C@H]2OC(C)(C)[C@@H]3CC12OCCO2. The maximum absolute atomic E-state index is 8.97. The van der Waals surface area contributed by atoms with Crippen molar-refractivity contribution < 1.29 is 18.9 Å². The molecule has 0 unspecified atom stereocenters. The molecular weight excluding hydrogens is 318 g/mol. The van der Waals surface area contributed by atoms with E-state index in [0.29, 0.717) is 25.6 Å². The Hall–Kier alpha value is -0.930. The summed E-state index contributed by atoms with van der Waals surface area (Å²) in [5, 5.41) is 8.97. The topological polar surface area (TPSA) is 60.7 Å². The number of allylic oxidation sites excluding steroid dienone is 2. The second-order valence-electron chi connectivity index (χ2n) is 8.51. The highest BCUT2D eigenvalue weighted by molar-refractivity contribution is 5.19. The average Bonchev–Trinajstić information content (AvgIpc) is 3.14. The summed E-state index contributed by atoms with van der Waals surface area (Å²) in [5.41, 5.74) is -0.341. The molecular formula is C20H29NO4. The molecule has 3 heterocycles. The van der Waals surface area contributed by atoms with Gasteiger partial charge in [0, 0.05) is 30.3 Å². The quantitative estimate of drug-likeness (QED) is 0.717. The maximum atomic E-state index is 8.97. The summed E-state index contributed by atoms with van der Waals surface area (Å²) < 4.78 is 25.0. The first-order valence-corrected chi connectivity index (χ1v) is 9.57. The second kappa shape index (κ2) is 6.06. The van der Waals surface area contributed by atoms with Crippen molar-refractivity contribution in [3.63, 3.8) is 0 Å². The van der Waals surface area contributed by atoms with Crippen LogP contribution in [0.2, 0.25) is 0 Å². The van der Waals surface area contributed by atoms with Crippen LogP contribution in [0.4, 0.5) is 0 Å². The summed E-state index contributed by atoms with van der Waals surface area (Å²) >= 11 is 0. The zero-order chi connectivity index (χ0) is 17.7. The lowest BCUT2D eigenvalue weighted by atomic mass is 9.50. The molecule has 3 aliphatic heterocycles. The van der Waals surface area contributed by atoms with E-state index in [-0.39, 0.29) is 29.1 Å². The molecule has 0 radical (unpaired) electrons. The van der Waals surface area contributed by atoms with Gasteiger partial charge in [0.25, 0.3) is 0 Å². The monoisotopic (exact) mass is 347 g/mol. The Bertz CT molecular complexity index is 589. The molecule has 4 rings (SSSR count). The Labute approximate surface area is 150 Å². The molecule has 0 aromatic rings. The van der Waals surface area contributed by atoms with Crippen molar-refractivity contribution in [2.24, 2.45) is 23.2 Å². The van der Waals surface area contributed by atoms with Gasteiger partial charge in [-0.05, 0) is 32.6 Å². The number of nitrogens with zero attached hydrogens (tertiary/aromatic N) is 1. The Morgan fingerprint density at radius 3 is 2.68 bits per heavy atom. The number of hydrogen-bond donors (Lipinski definition) is 0. The molecule has 0 N–H and O–H groups in total. The fraction of sp³-hybridized carbons (Fsp3) is 0.850. The van der Waals surface area contributed by atoms with Crippen LogP contribution in [0.25, 0.3) is 0 Å². The van der Waals surface area contributed by atoms with Crippen molar-refractivity contribution in [3.05, 3.63) is 12.2 Å². The van der Waals surface area contributed by atoms with Crippen LogP contribution in [-0.4, -0.2) is 37.5 Å². The van der Waals surface area contributed by atoms with E-state index in [4.69, 9.17) is 24.2 Å². The zero-order valence-corrected chi connectivity index (χ0v) is 15.5. The van der Waals surface area contributed by atoms with E-state index < -0.39 is 5.79 Å². The predicted molar refractivity (Wildman–Crippen MR) is 91.3 cm³/mol. The fourth-order valence-electron chi connectivity index (χ4n) is 5.99. The van der Waals surface area contributed by atoms with Crippen LogP contribution >= 0.6 is 0 Å². The highest BCUT2D eigenvalue weighted by Gasteiger charge is 2.71. The van der Waals surface area contributed by atoms with Crippen LogP contribution in [0.15, 0.2) is 12.2 Å². The first-order valence-electron chi connectivity index (χ1n) is 9.57. The van der Waals surface area contributed by atoms with Gasteiger partial charge in [0.1, 0.15) is 0 Å². The molecule has 2 spiro atoms. The summed E-state index contributed by atoms with van der Waals surface area (Å²) in [6.07, 6.45) is 7.46. The third kappa shape index (κ3) is 2.42. The van der Waals surface area contributed by atoms with E-state index in [1.54, 1.807) is 0 Å². The first kappa shape index (κ1) is 17.5. The molecule has 0 amide bonds. The molecule has 1 saturated carbocycles. The van der Waals surface area contributed by atoms with Crippen molar-refractivity contribution in [1.82, 2.24) is 0 Å².